The number of methoxy groups -OCH3 is 1. The van der Waals surface area contributed by atoms with Gasteiger partial charge in [-0.15, -0.1) is 0 Å². The number of ketones is 1. The van der Waals surface area contributed by atoms with Crippen LogP contribution in [0.15, 0.2) is 24.5 Å². The van der Waals surface area contributed by atoms with Gasteiger partial charge in [-0.05, 0) is 63.8 Å². The molecule has 0 N–H and O–H groups in total. The van der Waals surface area contributed by atoms with Gasteiger partial charge in [0.2, 0.25) is 5.91 Å². The van der Waals surface area contributed by atoms with E-state index in [1.165, 1.54) is 7.11 Å². The van der Waals surface area contributed by atoms with Gasteiger partial charge in [0.1, 0.15) is 5.69 Å². The Morgan fingerprint density at radius 1 is 1.19 bits per heavy atom. The zero-order valence-electron chi connectivity index (χ0n) is 19.7. The van der Waals surface area contributed by atoms with E-state index in [0.717, 1.165) is 36.9 Å². The number of Topliss-reactive ketones (excluding diaryl/α,β-unsaturated/α-hetero) is 1. The number of rotatable bonds is 8. The number of carbonyl (C=O) groups excluding carboxylic acids is 3. The Morgan fingerprint density at radius 3 is 2.38 bits per heavy atom. The second-order valence-electron chi connectivity index (χ2n) is 8.51. The lowest BCUT2D eigenvalue weighted by Crippen LogP contribution is -2.45. The minimum absolute atomic E-state index is 0.0265. The lowest BCUT2D eigenvalue weighted by molar-refractivity contribution is -0.137. The molecule has 1 unspecified atom stereocenters. The molecular formula is C25H33N3O4. The fourth-order valence-corrected chi connectivity index (χ4v) is 4.86. The Bertz CT molecular complexity index is 990. The van der Waals surface area contributed by atoms with Crippen LogP contribution in [0.4, 0.5) is 0 Å². The van der Waals surface area contributed by atoms with Crippen LogP contribution >= 0.6 is 0 Å². The summed E-state index contributed by atoms with van der Waals surface area (Å²) < 4.78 is 6.77. The Morgan fingerprint density at radius 2 is 1.81 bits per heavy atom. The summed E-state index contributed by atoms with van der Waals surface area (Å²) in [5.74, 6) is -0.633. The van der Waals surface area contributed by atoms with Gasteiger partial charge in [0.15, 0.2) is 5.78 Å². The summed E-state index contributed by atoms with van der Waals surface area (Å²) in [6, 6.07) is 3.07. The summed E-state index contributed by atoms with van der Waals surface area (Å²) in [6.45, 7) is 8.22. The summed E-state index contributed by atoms with van der Waals surface area (Å²) >= 11 is 0. The van der Waals surface area contributed by atoms with Crippen molar-refractivity contribution in [2.75, 3.05) is 7.11 Å². The highest BCUT2D eigenvalue weighted by Crippen LogP contribution is 2.30. The molecule has 32 heavy (non-hydrogen) atoms. The van der Waals surface area contributed by atoms with E-state index in [1.807, 2.05) is 30.5 Å². The van der Waals surface area contributed by atoms with Crippen LogP contribution in [0, 0.1) is 19.8 Å². The zero-order valence-corrected chi connectivity index (χ0v) is 19.7. The molecule has 0 saturated heterocycles. The van der Waals surface area contributed by atoms with Gasteiger partial charge in [-0.1, -0.05) is 12.8 Å². The highest BCUT2D eigenvalue weighted by atomic mass is 16.5. The van der Waals surface area contributed by atoms with E-state index in [2.05, 4.69) is 4.98 Å². The highest BCUT2D eigenvalue weighted by Gasteiger charge is 2.35. The molecule has 0 aliphatic heterocycles. The molecule has 7 heteroatoms. The van der Waals surface area contributed by atoms with Gasteiger partial charge in [0.05, 0.1) is 13.2 Å². The van der Waals surface area contributed by atoms with Crippen molar-refractivity contribution in [3.8, 4) is 0 Å². The van der Waals surface area contributed by atoms with Crippen LogP contribution in [0.5, 0.6) is 0 Å². The van der Waals surface area contributed by atoms with Crippen molar-refractivity contribution < 1.29 is 19.1 Å². The molecule has 2 aromatic rings. The minimum atomic E-state index is -0.660. The lowest BCUT2D eigenvalue weighted by atomic mass is 9.97. The maximum Gasteiger partial charge on any atom is 0.354 e. The predicted octanol–water partition coefficient (Wildman–Crippen LogP) is 4.10. The van der Waals surface area contributed by atoms with Crippen LogP contribution in [-0.2, 0) is 22.6 Å². The predicted molar refractivity (Wildman–Crippen MR) is 121 cm³/mol. The van der Waals surface area contributed by atoms with E-state index in [1.54, 1.807) is 31.1 Å². The minimum Gasteiger partial charge on any atom is -0.464 e. The van der Waals surface area contributed by atoms with Gasteiger partial charge in [-0.2, -0.15) is 0 Å². The van der Waals surface area contributed by atoms with Crippen molar-refractivity contribution in [2.24, 2.45) is 5.92 Å². The molecule has 2 aromatic heterocycles. The number of amides is 1. The molecule has 0 spiro atoms. The van der Waals surface area contributed by atoms with Gasteiger partial charge < -0.3 is 14.2 Å². The first kappa shape index (κ1) is 23.7. The molecule has 0 radical (unpaired) electrons. The number of ether oxygens (including phenoxy) is 1. The average molecular weight is 440 g/mol. The van der Waals surface area contributed by atoms with Crippen molar-refractivity contribution >= 4 is 17.7 Å². The third-order valence-electron chi connectivity index (χ3n) is 6.64. The first-order valence-electron chi connectivity index (χ1n) is 11.3. The summed E-state index contributed by atoms with van der Waals surface area (Å²) in [4.78, 5) is 45.4. The summed E-state index contributed by atoms with van der Waals surface area (Å²) in [6.07, 6.45) is 7.20. The van der Waals surface area contributed by atoms with Gasteiger partial charge in [0, 0.05) is 42.7 Å². The molecule has 2 heterocycles. The third kappa shape index (κ3) is 4.47. The van der Waals surface area contributed by atoms with Crippen LogP contribution in [0.3, 0.4) is 0 Å². The number of carbonyl (C=O) groups is 3. The lowest BCUT2D eigenvalue weighted by Gasteiger charge is -2.31. The zero-order chi connectivity index (χ0) is 23.4. The second kappa shape index (κ2) is 10.1. The van der Waals surface area contributed by atoms with Gasteiger partial charge in [-0.3, -0.25) is 14.6 Å². The van der Waals surface area contributed by atoms with E-state index >= 15 is 0 Å². The van der Waals surface area contributed by atoms with E-state index < -0.39 is 12.0 Å². The first-order valence-corrected chi connectivity index (χ1v) is 11.3. The van der Waals surface area contributed by atoms with Crippen LogP contribution in [-0.4, -0.2) is 45.3 Å². The van der Waals surface area contributed by atoms with Gasteiger partial charge in [0.25, 0.3) is 0 Å². The van der Waals surface area contributed by atoms with Crippen molar-refractivity contribution in [2.45, 2.75) is 72.5 Å². The molecule has 1 atom stereocenters. The van der Waals surface area contributed by atoms with Crippen LogP contribution in [0.1, 0.15) is 77.2 Å². The van der Waals surface area contributed by atoms with E-state index in [9.17, 15) is 14.4 Å². The number of hydrogen-bond acceptors (Lipinski definition) is 5. The number of nitrogens with zero attached hydrogens (tertiary/aromatic N) is 3. The van der Waals surface area contributed by atoms with Crippen LogP contribution in [0.2, 0.25) is 0 Å². The Hall–Kier alpha value is -2.96. The Balaban J connectivity index is 1.99. The van der Waals surface area contributed by atoms with Gasteiger partial charge >= 0.3 is 5.97 Å². The first-order chi connectivity index (χ1) is 15.3. The highest BCUT2D eigenvalue weighted by molar-refractivity contribution is 6.06. The second-order valence-corrected chi connectivity index (χ2v) is 8.51. The molecule has 1 fully saturated rings. The quantitative estimate of drug-likeness (QED) is 0.457. The maximum absolute atomic E-state index is 13.8. The van der Waals surface area contributed by atoms with Gasteiger partial charge in [-0.25, -0.2) is 4.79 Å². The molecule has 1 saturated carbocycles. The third-order valence-corrected chi connectivity index (χ3v) is 6.64. The maximum atomic E-state index is 13.8. The Kier molecular flexibility index (Phi) is 7.48. The number of hydrogen-bond donors (Lipinski definition) is 0. The summed E-state index contributed by atoms with van der Waals surface area (Å²) in [5, 5.41) is 0. The molecule has 3 rings (SSSR count). The van der Waals surface area contributed by atoms with Crippen molar-refractivity contribution in [1.82, 2.24) is 14.5 Å². The molecule has 0 aromatic carbocycles. The Labute approximate surface area is 189 Å². The smallest absolute Gasteiger partial charge is 0.354 e. The summed E-state index contributed by atoms with van der Waals surface area (Å²) in [7, 11) is 1.34. The van der Waals surface area contributed by atoms with E-state index in [-0.39, 0.29) is 17.6 Å². The fraction of sp³-hybridized carbons (Fsp3) is 0.520. The molecule has 1 aliphatic rings. The van der Waals surface area contributed by atoms with Crippen LogP contribution in [0.25, 0.3) is 0 Å². The topological polar surface area (TPSA) is 81.5 Å². The average Bonchev–Trinajstić information content (AvgIpc) is 3.42. The monoisotopic (exact) mass is 439 g/mol. The molecule has 1 amide bonds. The largest absolute Gasteiger partial charge is 0.464 e. The molecular weight excluding hydrogens is 406 g/mol. The normalized spacial score (nSPS) is 14.9. The number of pyridine rings is 1. The van der Waals surface area contributed by atoms with Crippen LogP contribution < -0.4 is 0 Å². The van der Waals surface area contributed by atoms with Crippen molar-refractivity contribution in [3.05, 3.63) is 52.6 Å². The van der Waals surface area contributed by atoms with E-state index in [4.69, 9.17) is 4.74 Å². The van der Waals surface area contributed by atoms with Crippen molar-refractivity contribution in [1.29, 1.82) is 0 Å². The number of aromatic nitrogens is 2. The standard InChI is InChI=1S/C25H33N3O4/c1-6-27-17(3)21(16(2)22(27)25(31)32-5)23(29)18(4)28(15-19-11-13-26-14-12-19)24(30)20-9-7-8-10-20/h11-14,18,20H,6-10,15H2,1-5H3. The summed E-state index contributed by atoms with van der Waals surface area (Å²) in [5.41, 5.74) is 3.15. The number of esters is 1. The molecule has 0 bridgehead atoms. The molecule has 172 valence electrons. The van der Waals surface area contributed by atoms with E-state index in [0.29, 0.717) is 29.9 Å². The fourth-order valence-electron chi connectivity index (χ4n) is 4.86. The molecule has 1 aliphatic carbocycles. The SMILES string of the molecule is CCn1c(C)c(C(=O)C(C)N(Cc2ccncc2)C(=O)C2CCCC2)c(C)c1C(=O)OC. The molecule has 7 nitrogen and oxygen atoms in total. The van der Waals surface area contributed by atoms with Crippen molar-refractivity contribution in [3.63, 3.8) is 0 Å².